The lowest BCUT2D eigenvalue weighted by atomic mass is 10.1. The highest BCUT2D eigenvalue weighted by Crippen LogP contribution is 2.19. The van der Waals surface area contributed by atoms with E-state index in [0.717, 1.165) is 12.0 Å². The van der Waals surface area contributed by atoms with Crippen LogP contribution in [0.15, 0.2) is 29.7 Å². The summed E-state index contributed by atoms with van der Waals surface area (Å²) in [7, 11) is -1.14. The van der Waals surface area contributed by atoms with Gasteiger partial charge in [-0.3, -0.25) is 4.21 Å². The van der Waals surface area contributed by atoms with E-state index < -0.39 is 10.8 Å². The number of aromatic nitrogens is 3. The molecule has 0 fully saturated rings. The van der Waals surface area contributed by atoms with Gasteiger partial charge in [0.25, 0.3) is 0 Å². The molecule has 7 heteroatoms. The second-order valence-corrected chi connectivity index (χ2v) is 5.93. The van der Waals surface area contributed by atoms with Crippen molar-refractivity contribution in [3.8, 4) is 0 Å². The predicted molar refractivity (Wildman–Crippen MR) is 72.5 cm³/mol. The van der Waals surface area contributed by atoms with E-state index in [-0.39, 0.29) is 0 Å². The fraction of sp³-hybridized carbons (Fsp3) is 0.273. The molecule has 4 nitrogen and oxygen atoms in total. The predicted octanol–water partition coefficient (Wildman–Crippen LogP) is 2.57. The van der Waals surface area contributed by atoms with Crippen LogP contribution in [0.1, 0.15) is 5.56 Å². The Morgan fingerprint density at radius 1 is 1.28 bits per heavy atom. The van der Waals surface area contributed by atoms with Crippen LogP contribution in [0.5, 0.6) is 0 Å². The molecule has 1 aromatic carbocycles. The average molecular weight is 304 g/mol. The van der Waals surface area contributed by atoms with Crippen LogP contribution in [0.4, 0.5) is 0 Å². The number of hydrogen-bond acceptors (Lipinski definition) is 3. The van der Waals surface area contributed by atoms with E-state index in [1.54, 1.807) is 23.2 Å². The fourth-order valence-electron chi connectivity index (χ4n) is 1.63. The van der Waals surface area contributed by atoms with Gasteiger partial charge in [-0.2, -0.15) is 0 Å². The molecule has 96 valence electrons. The number of hydrogen-bond donors (Lipinski definition) is 0. The third kappa shape index (κ3) is 3.31. The second-order valence-electron chi connectivity index (χ2n) is 3.79. The number of halogens is 2. The van der Waals surface area contributed by atoms with Crippen LogP contribution >= 0.6 is 23.2 Å². The first-order valence-electron chi connectivity index (χ1n) is 5.22. The van der Waals surface area contributed by atoms with Gasteiger partial charge in [0.2, 0.25) is 5.16 Å². The van der Waals surface area contributed by atoms with Crippen LogP contribution in [0, 0.1) is 0 Å². The highest BCUT2D eigenvalue weighted by atomic mass is 35.5. The zero-order chi connectivity index (χ0) is 13.1. The first-order chi connectivity index (χ1) is 8.56. The van der Waals surface area contributed by atoms with Gasteiger partial charge in [0.15, 0.2) is 0 Å². The summed E-state index contributed by atoms with van der Waals surface area (Å²) < 4.78 is 13.2. The molecule has 0 radical (unpaired) electrons. The standard InChI is InChI=1S/C11H11Cl2N3OS/c1-18(17)11-15-14-7-16(11)3-2-8-4-9(12)6-10(13)5-8/h4-7H,2-3H2,1H3/t18-/m0/s1. The van der Waals surface area contributed by atoms with E-state index in [4.69, 9.17) is 23.2 Å². The van der Waals surface area contributed by atoms with Crippen molar-refractivity contribution in [1.29, 1.82) is 0 Å². The lowest BCUT2D eigenvalue weighted by molar-refractivity contribution is 0.614. The van der Waals surface area contributed by atoms with Crippen molar-refractivity contribution in [2.75, 3.05) is 6.26 Å². The third-order valence-corrected chi connectivity index (χ3v) is 3.67. The van der Waals surface area contributed by atoms with E-state index in [1.807, 2.05) is 12.1 Å². The van der Waals surface area contributed by atoms with Crippen LogP contribution < -0.4 is 0 Å². The molecule has 0 unspecified atom stereocenters. The Kier molecular flexibility index (Phi) is 4.37. The van der Waals surface area contributed by atoms with E-state index in [0.29, 0.717) is 21.7 Å². The Bertz CT molecular complexity index is 565. The van der Waals surface area contributed by atoms with E-state index in [1.165, 1.54) is 0 Å². The van der Waals surface area contributed by atoms with Crippen molar-refractivity contribution in [2.24, 2.45) is 0 Å². The van der Waals surface area contributed by atoms with Crippen LogP contribution in [-0.2, 0) is 23.8 Å². The molecule has 0 saturated heterocycles. The molecule has 1 heterocycles. The summed E-state index contributed by atoms with van der Waals surface area (Å²) in [4.78, 5) is 0. The minimum Gasteiger partial charge on any atom is -0.306 e. The lowest BCUT2D eigenvalue weighted by Gasteiger charge is -2.06. The molecule has 0 aliphatic rings. The Balaban J connectivity index is 2.11. The highest BCUT2D eigenvalue weighted by molar-refractivity contribution is 7.84. The summed E-state index contributed by atoms with van der Waals surface area (Å²) in [6.45, 7) is 0.637. The van der Waals surface area contributed by atoms with Gasteiger partial charge in [0.1, 0.15) is 6.33 Å². The van der Waals surface area contributed by atoms with Crippen molar-refractivity contribution in [3.63, 3.8) is 0 Å². The summed E-state index contributed by atoms with van der Waals surface area (Å²) in [6.07, 6.45) is 3.88. The molecule has 2 rings (SSSR count). The van der Waals surface area contributed by atoms with E-state index in [9.17, 15) is 4.21 Å². The van der Waals surface area contributed by atoms with Gasteiger partial charge in [-0.1, -0.05) is 23.2 Å². The summed E-state index contributed by atoms with van der Waals surface area (Å²) in [5.74, 6) is 0. The van der Waals surface area contributed by atoms with Gasteiger partial charge in [-0.15, -0.1) is 10.2 Å². The molecule has 0 spiro atoms. The van der Waals surface area contributed by atoms with E-state index in [2.05, 4.69) is 10.2 Å². The monoisotopic (exact) mass is 303 g/mol. The van der Waals surface area contributed by atoms with Crippen molar-refractivity contribution in [2.45, 2.75) is 18.1 Å². The Labute approximate surface area is 117 Å². The maximum Gasteiger partial charge on any atom is 0.221 e. The summed E-state index contributed by atoms with van der Waals surface area (Å²) in [5.41, 5.74) is 1.02. The molecular weight excluding hydrogens is 293 g/mol. The molecule has 0 saturated carbocycles. The van der Waals surface area contributed by atoms with E-state index >= 15 is 0 Å². The summed E-state index contributed by atoms with van der Waals surface area (Å²) >= 11 is 11.9. The SMILES string of the molecule is C[S@](=O)c1nncn1CCc1cc(Cl)cc(Cl)c1. The number of aryl methyl sites for hydroxylation is 2. The Hall–Kier alpha value is -0.910. The molecule has 2 aromatic rings. The average Bonchev–Trinajstić information content (AvgIpc) is 2.73. The molecule has 0 bridgehead atoms. The Morgan fingerprint density at radius 2 is 1.94 bits per heavy atom. The zero-order valence-corrected chi connectivity index (χ0v) is 12.0. The normalized spacial score (nSPS) is 12.6. The number of benzene rings is 1. The first kappa shape index (κ1) is 13.5. The zero-order valence-electron chi connectivity index (χ0n) is 9.64. The van der Waals surface area contributed by atoms with Gasteiger partial charge in [-0.05, 0) is 30.2 Å². The first-order valence-corrected chi connectivity index (χ1v) is 7.54. The number of rotatable bonds is 4. The topological polar surface area (TPSA) is 47.8 Å². The number of nitrogens with zero attached hydrogens (tertiary/aromatic N) is 3. The molecule has 0 aliphatic heterocycles. The minimum absolute atomic E-state index is 0.475. The van der Waals surface area contributed by atoms with Crippen molar-refractivity contribution < 1.29 is 4.21 Å². The van der Waals surface area contributed by atoms with Gasteiger partial charge in [-0.25, -0.2) is 0 Å². The van der Waals surface area contributed by atoms with Crippen molar-refractivity contribution in [3.05, 3.63) is 40.1 Å². The molecule has 18 heavy (non-hydrogen) atoms. The molecule has 1 atom stereocenters. The smallest absolute Gasteiger partial charge is 0.221 e. The minimum atomic E-state index is -1.14. The largest absolute Gasteiger partial charge is 0.306 e. The maximum absolute atomic E-state index is 11.4. The molecule has 0 amide bonds. The fourth-order valence-corrected chi connectivity index (χ4v) is 2.83. The van der Waals surface area contributed by atoms with Crippen LogP contribution in [-0.4, -0.2) is 25.2 Å². The van der Waals surface area contributed by atoms with Gasteiger partial charge >= 0.3 is 0 Å². The third-order valence-electron chi connectivity index (χ3n) is 2.40. The molecular formula is C11H11Cl2N3OS. The van der Waals surface area contributed by atoms with Crippen LogP contribution in [0.25, 0.3) is 0 Å². The second kappa shape index (κ2) is 5.82. The molecule has 0 N–H and O–H groups in total. The van der Waals surface area contributed by atoms with Crippen LogP contribution in [0.2, 0.25) is 10.0 Å². The van der Waals surface area contributed by atoms with Crippen molar-refractivity contribution in [1.82, 2.24) is 14.8 Å². The lowest BCUT2D eigenvalue weighted by Crippen LogP contribution is -2.06. The van der Waals surface area contributed by atoms with Crippen molar-refractivity contribution >= 4 is 34.0 Å². The molecule has 0 aliphatic carbocycles. The maximum atomic E-state index is 11.4. The quantitative estimate of drug-likeness (QED) is 0.872. The van der Waals surface area contributed by atoms with Gasteiger partial charge < -0.3 is 4.57 Å². The van der Waals surface area contributed by atoms with Gasteiger partial charge in [0.05, 0.1) is 10.8 Å². The Morgan fingerprint density at radius 3 is 2.56 bits per heavy atom. The summed E-state index contributed by atoms with van der Waals surface area (Å²) in [5, 5.41) is 9.28. The summed E-state index contributed by atoms with van der Waals surface area (Å²) in [6, 6.07) is 5.42. The molecule has 1 aromatic heterocycles. The van der Waals surface area contributed by atoms with Gasteiger partial charge in [0, 0.05) is 22.8 Å². The highest BCUT2D eigenvalue weighted by Gasteiger charge is 2.08. The van der Waals surface area contributed by atoms with Crippen LogP contribution in [0.3, 0.4) is 0 Å².